The Hall–Kier alpha value is -2.15. The molecule has 0 bridgehead atoms. The fourth-order valence-corrected chi connectivity index (χ4v) is 3.65. The van der Waals surface area contributed by atoms with E-state index >= 15 is 0 Å². The summed E-state index contributed by atoms with van der Waals surface area (Å²) in [5.41, 5.74) is 4.39. The van der Waals surface area contributed by atoms with Gasteiger partial charge in [-0.3, -0.25) is 0 Å². The Morgan fingerprint density at radius 1 is 1.32 bits per heavy atom. The molecule has 6 nitrogen and oxygen atoms in total. The second kappa shape index (κ2) is 5.69. The molecule has 0 unspecified atom stereocenters. The van der Waals surface area contributed by atoms with Crippen molar-refractivity contribution in [1.82, 2.24) is 0 Å². The summed E-state index contributed by atoms with van der Waals surface area (Å²) in [4.78, 5) is 11.1. The molecule has 1 aromatic carbocycles. The number of primary amides is 1. The predicted octanol–water partition coefficient (Wildman–Crippen LogP) is 2.67. The smallest absolute Gasteiger partial charge is 0.399 e. The van der Waals surface area contributed by atoms with Crippen molar-refractivity contribution in [3.63, 3.8) is 0 Å². The van der Waals surface area contributed by atoms with Crippen LogP contribution in [0.3, 0.4) is 0 Å². The van der Waals surface area contributed by atoms with Crippen LogP contribution in [0.15, 0.2) is 12.1 Å². The molecular formula is C16H16BFN2O4S. The van der Waals surface area contributed by atoms with E-state index in [2.05, 4.69) is 0 Å². The molecule has 0 radical (unpaired) electrons. The number of nitrogens with zero attached hydrogens (tertiary/aromatic N) is 1. The molecule has 0 atom stereocenters. The summed E-state index contributed by atoms with van der Waals surface area (Å²) in [6.07, 6.45) is -1.07. The van der Waals surface area contributed by atoms with Gasteiger partial charge >= 0.3 is 13.2 Å². The normalized spacial score (nSPS) is 18.3. The van der Waals surface area contributed by atoms with Crippen LogP contribution in [0.4, 0.5) is 9.18 Å². The Labute approximate surface area is 148 Å². The quantitative estimate of drug-likeness (QED) is 0.829. The molecule has 0 saturated carbocycles. The first-order chi connectivity index (χ1) is 11.6. The van der Waals surface area contributed by atoms with Gasteiger partial charge in [-0.15, -0.1) is 0 Å². The van der Waals surface area contributed by atoms with E-state index in [0.29, 0.717) is 10.8 Å². The monoisotopic (exact) mass is 362 g/mol. The highest BCUT2D eigenvalue weighted by molar-refractivity contribution is 7.21. The van der Waals surface area contributed by atoms with Gasteiger partial charge in [0.25, 0.3) is 0 Å². The Morgan fingerprint density at radius 3 is 2.44 bits per heavy atom. The molecule has 1 saturated heterocycles. The molecule has 1 amide bonds. The van der Waals surface area contributed by atoms with Crippen LogP contribution in [0.5, 0.6) is 5.06 Å². The van der Waals surface area contributed by atoms with Gasteiger partial charge in [-0.1, -0.05) is 17.4 Å². The topological polar surface area (TPSA) is 94.6 Å². The third kappa shape index (κ3) is 2.76. The molecule has 130 valence electrons. The molecule has 9 heteroatoms. The zero-order valence-corrected chi connectivity index (χ0v) is 15.0. The number of nitrogens with two attached hydrogens (primary N) is 1. The van der Waals surface area contributed by atoms with Crippen molar-refractivity contribution >= 4 is 40.1 Å². The number of benzene rings is 1. The molecule has 1 fully saturated rings. The lowest BCUT2D eigenvalue weighted by Crippen LogP contribution is -2.41. The van der Waals surface area contributed by atoms with Crippen molar-refractivity contribution in [2.75, 3.05) is 0 Å². The molecule has 1 aliphatic rings. The van der Waals surface area contributed by atoms with E-state index in [-0.39, 0.29) is 15.3 Å². The van der Waals surface area contributed by atoms with Crippen LogP contribution in [-0.2, 0) is 9.31 Å². The average molecular weight is 362 g/mol. The molecule has 3 rings (SSSR count). The summed E-state index contributed by atoms with van der Waals surface area (Å²) >= 11 is 0.845. The van der Waals surface area contributed by atoms with Crippen molar-refractivity contribution in [1.29, 1.82) is 5.26 Å². The molecule has 0 spiro atoms. The third-order valence-corrected chi connectivity index (χ3v) is 5.68. The van der Waals surface area contributed by atoms with Gasteiger partial charge < -0.3 is 19.8 Å². The Balaban J connectivity index is 2.21. The van der Waals surface area contributed by atoms with Gasteiger partial charge in [0.05, 0.1) is 15.9 Å². The van der Waals surface area contributed by atoms with E-state index < -0.39 is 30.2 Å². The lowest BCUT2D eigenvalue weighted by Gasteiger charge is -2.32. The van der Waals surface area contributed by atoms with E-state index in [4.69, 9.17) is 19.8 Å². The zero-order chi connectivity index (χ0) is 18.6. The molecule has 1 aromatic heterocycles. The fraction of sp³-hybridized carbons (Fsp3) is 0.375. The number of carbonyl (C=O) groups excluding carboxylic acids is 1. The minimum Gasteiger partial charge on any atom is -0.399 e. The van der Waals surface area contributed by atoms with Gasteiger partial charge in [0.2, 0.25) is 5.06 Å². The lowest BCUT2D eigenvalue weighted by atomic mass is 9.76. The van der Waals surface area contributed by atoms with Gasteiger partial charge in [0.1, 0.15) is 17.4 Å². The number of fused-ring (bicyclic) bond motifs is 1. The summed E-state index contributed by atoms with van der Waals surface area (Å²) in [5.74, 6) is -0.531. The number of halogens is 1. The maximum absolute atomic E-state index is 14.3. The summed E-state index contributed by atoms with van der Waals surface area (Å²) in [7, 11) is -0.781. The Kier molecular flexibility index (Phi) is 4.03. The summed E-state index contributed by atoms with van der Waals surface area (Å²) < 4.78 is 31.3. The number of hydrogen-bond donors (Lipinski definition) is 1. The lowest BCUT2D eigenvalue weighted by molar-refractivity contribution is 0.00578. The number of amides is 1. The number of thiophene rings is 1. The number of hydrogen-bond acceptors (Lipinski definition) is 6. The highest BCUT2D eigenvalue weighted by Crippen LogP contribution is 2.41. The van der Waals surface area contributed by atoms with Crippen molar-refractivity contribution < 1.29 is 23.2 Å². The molecule has 2 heterocycles. The number of nitriles is 1. The van der Waals surface area contributed by atoms with E-state index in [0.717, 1.165) is 11.3 Å². The number of carbonyl (C=O) groups is 1. The van der Waals surface area contributed by atoms with Crippen molar-refractivity contribution in [3.8, 4) is 11.1 Å². The minimum atomic E-state index is -1.07. The first-order valence-electron chi connectivity index (χ1n) is 7.55. The van der Waals surface area contributed by atoms with Gasteiger partial charge in [-0.25, -0.2) is 9.18 Å². The molecule has 25 heavy (non-hydrogen) atoms. The first-order valence-corrected chi connectivity index (χ1v) is 8.37. The molecule has 2 N–H and O–H groups in total. The molecule has 2 aromatic rings. The van der Waals surface area contributed by atoms with Crippen LogP contribution >= 0.6 is 11.3 Å². The van der Waals surface area contributed by atoms with Gasteiger partial charge in [-0.05, 0) is 39.2 Å². The molecule has 1 aliphatic heterocycles. The minimum absolute atomic E-state index is 0.0306. The van der Waals surface area contributed by atoms with E-state index in [1.54, 1.807) is 0 Å². The van der Waals surface area contributed by atoms with Gasteiger partial charge in [0, 0.05) is 5.39 Å². The SMILES string of the molecule is CC1(C)OB(c2ccc(F)c3sc(OC(N)=O)c(C#N)c23)OC1(C)C. The highest BCUT2D eigenvalue weighted by atomic mass is 32.1. The van der Waals surface area contributed by atoms with E-state index in [1.807, 2.05) is 33.8 Å². The Morgan fingerprint density at radius 2 is 1.92 bits per heavy atom. The number of ether oxygens (including phenoxy) is 1. The zero-order valence-electron chi connectivity index (χ0n) is 14.2. The third-order valence-electron chi connectivity index (χ3n) is 4.60. The second-order valence-corrected chi connectivity index (χ2v) is 7.71. The van der Waals surface area contributed by atoms with Gasteiger partial charge in [0.15, 0.2) is 0 Å². The van der Waals surface area contributed by atoms with Crippen LogP contribution in [0, 0.1) is 17.1 Å². The van der Waals surface area contributed by atoms with E-state index in [1.165, 1.54) is 12.1 Å². The second-order valence-electron chi connectivity index (χ2n) is 6.73. The van der Waals surface area contributed by atoms with Crippen LogP contribution in [0.25, 0.3) is 10.1 Å². The summed E-state index contributed by atoms with van der Waals surface area (Å²) in [6, 6.07) is 4.74. The Bertz CT molecular complexity index is 903. The average Bonchev–Trinajstić information content (AvgIpc) is 2.94. The van der Waals surface area contributed by atoms with Crippen LogP contribution in [0.1, 0.15) is 33.3 Å². The van der Waals surface area contributed by atoms with Crippen molar-refractivity contribution in [2.45, 2.75) is 38.9 Å². The van der Waals surface area contributed by atoms with Crippen molar-refractivity contribution in [2.24, 2.45) is 5.73 Å². The molecule has 0 aliphatic carbocycles. The van der Waals surface area contributed by atoms with Crippen molar-refractivity contribution in [3.05, 3.63) is 23.5 Å². The summed E-state index contributed by atoms with van der Waals surface area (Å²) in [6.45, 7) is 7.59. The fourth-order valence-electron chi connectivity index (χ4n) is 2.61. The predicted molar refractivity (Wildman–Crippen MR) is 92.4 cm³/mol. The first kappa shape index (κ1) is 17.7. The van der Waals surface area contributed by atoms with Gasteiger partial charge in [-0.2, -0.15) is 5.26 Å². The van der Waals surface area contributed by atoms with Crippen LogP contribution < -0.4 is 15.9 Å². The maximum atomic E-state index is 14.3. The summed E-state index contributed by atoms with van der Waals surface area (Å²) in [5, 5.41) is 9.76. The van der Waals surface area contributed by atoms with Crippen LogP contribution in [-0.4, -0.2) is 24.4 Å². The van der Waals surface area contributed by atoms with Crippen LogP contribution in [0.2, 0.25) is 0 Å². The standard InChI is InChI=1S/C16H16BFN2O4S/c1-15(2)16(3,4)24-17(23-15)9-5-6-10(18)12-11(9)8(7-19)13(25-12)22-14(20)21/h5-6H,1-4H3,(H2,20,21). The number of rotatable bonds is 2. The largest absolute Gasteiger partial charge is 0.495 e. The molecular weight excluding hydrogens is 346 g/mol. The highest BCUT2D eigenvalue weighted by Gasteiger charge is 2.52. The maximum Gasteiger partial charge on any atom is 0.495 e. The van der Waals surface area contributed by atoms with E-state index in [9.17, 15) is 14.4 Å².